The molecule has 0 aliphatic carbocycles. The number of aliphatic hydroxyl groups is 1. The van der Waals surface area contributed by atoms with Gasteiger partial charge in [0.25, 0.3) is 0 Å². The maximum absolute atomic E-state index is 13.1. The summed E-state index contributed by atoms with van der Waals surface area (Å²) in [5.41, 5.74) is 4.00. The zero-order chi connectivity index (χ0) is 34.9. The molecule has 0 bridgehead atoms. The van der Waals surface area contributed by atoms with E-state index in [1.54, 1.807) is 18.5 Å². The van der Waals surface area contributed by atoms with Gasteiger partial charge in [0.15, 0.2) is 6.29 Å². The van der Waals surface area contributed by atoms with Gasteiger partial charge in [-0.05, 0) is 34.9 Å². The standard InChI is InChI=1S/C38H44N6O6/c1-26-33(24-43-18-20-44(21-19-43)37-39-16-7-17-40-37)49-36(50-34(26)29-14-12-28(25-45)13-15-29)30-10-6-11-31(23-30)41-38(47)42-32(35(46)48-2)22-27-8-4-3-5-9-27/h3-17,23,26,32-34,36,45H,18-22,24-25H2,1-2H3,(H2,41,42,47)/t26-,32+,33+,34+,36+/m1/s1. The summed E-state index contributed by atoms with van der Waals surface area (Å²) in [4.78, 5) is 39.0. The van der Waals surface area contributed by atoms with Gasteiger partial charge in [-0.25, -0.2) is 19.6 Å². The smallest absolute Gasteiger partial charge is 0.328 e. The van der Waals surface area contributed by atoms with Crippen LogP contribution in [0.2, 0.25) is 0 Å². The number of amides is 2. The predicted molar refractivity (Wildman–Crippen MR) is 188 cm³/mol. The number of hydrogen-bond acceptors (Lipinski definition) is 10. The molecule has 2 aliphatic rings. The number of nitrogens with zero attached hydrogens (tertiary/aromatic N) is 4. The second-order valence-corrected chi connectivity index (χ2v) is 12.6. The van der Waals surface area contributed by atoms with Crippen molar-refractivity contribution >= 4 is 23.6 Å². The Kier molecular flexibility index (Phi) is 11.7. The Morgan fingerprint density at radius 3 is 2.34 bits per heavy atom. The Bertz CT molecular complexity index is 1690. The van der Waals surface area contributed by atoms with Crippen molar-refractivity contribution in [2.24, 2.45) is 5.92 Å². The van der Waals surface area contributed by atoms with Crippen LogP contribution >= 0.6 is 0 Å². The van der Waals surface area contributed by atoms with Gasteiger partial charge in [-0.1, -0.05) is 73.7 Å². The van der Waals surface area contributed by atoms with Crippen LogP contribution < -0.4 is 15.5 Å². The van der Waals surface area contributed by atoms with Gasteiger partial charge in [-0.15, -0.1) is 0 Å². The SMILES string of the molecule is COC(=O)[C@H](Cc1ccccc1)NC(=O)Nc1cccc([C@H]2O[C@@H](CN3CCN(c4ncccn4)CC3)[C@@H](C)[C@@H](c3ccc(CO)cc3)O2)c1. The van der Waals surface area contributed by atoms with Crippen LogP contribution in [0, 0.1) is 5.92 Å². The first-order valence-corrected chi connectivity index (χ1v) is 16.9. The van der Waals surface area contributed by atoms with E-state index in [0.29, 0.717) is 18.7 Å². The van der Waals surface area contributed by atoms with Gasteiger partial charge < -0.3 is 34.9 Å². The minimum Gasteiger partial charge on any atom is -0.467 e. The third-order valence-corrected chi connectivity index (χ3v) is 9.26. The molecule has 6 rings (SSSR count). The summed E-state index contributed by atoms with van der Waals surface area (Å²) in [7, 11) is 1.30. The third kappa shape index (κ3) is 8.82. The second-order valence-electron chi connectivity index (χ2n) is 12.6. The zero-order valence-electron chi connectivity index (χ0n) is 28.4. The van der Waals surface area contributed by atoms with Crippen molar-refractivity contribution in [1.29, 1.82) is 0 Å². The molecule has 2 aliphatic heterocycles. The molecule has 0 unspecified atom stereocenters. The monoisotopic (exact) mass is 680 g/mol. The summed E-state index contributed by atoms with van der Waals surface area (Å²) in [6, 6.07) is 25.0. The molecule has 0 radical (unpaired) electrons. The number of urea groups is 1. The maximum atomic E-state index is 13.1. The van der Waals surface area contributed by atoms with E-state index in [1.807, 2.05) is 78.9 Å². The van der Waals surface area contributed by atoms with Crippen LogP contribution in [-0.4, -0.2) is 84.0 Å². The Hall–Kier alpha value is -4.88. The van der Waals surface area contributed by atoms with E-state index >= 15 is 0 Å². The zero-order valence-corrected chi connectivity index (χ0v) is 28.4. The van der Waals surface area contributed by atoms with Gasteiger partial charge in [0.05, 0.1) is 25.9 Å². The maximum Gasteiger partial charge on any atom is 0.328 e. The largest absolute Gasteiger partial charge is 0.467 e. The van der Waals surface area contributed by atoms with Crippen LogP contribution in [0.25, 0.3) is 0 Å². The highest BCUT2D eigenvalue weighted by molar-refractivity contribution is 5.92. The number of aliphatic hydroxyl groups excluding tert-OH is 1. The molecule has 2 saturated heterocycles. The Balaban J connectivity index is 1.16. The van der Waals surface area contributed by atoms with Gasteiger partial charge in [-0.3, -0.25) is 4.90 Å². The van der Waals surface area contributed by atoms with E-state index in [-0.39, 0.29) is 24.7 Å². The molecule has 2 fully saturated rings. The number of rotatable bonds is 11. The number of carbonyl (C=O) groups is 2. The number of ether oxygens (including phenoxy) is 3. The Morgan fingerprint density at radius 2 is 1.64 bits per heavy atom. The topological polar surface area (TPSA) is 138 Å². The summed E-state index contributed by atoms with van der Waals surface area (Å²) in [6.45, 7) is 6.15. The molecular weight excluding hydrogens is 636 g/mol. The number of hydrogen-bond donors (Lipinski definition) is 3. The van der Waals surface area contributed by atoms with Crippen LogP contribution in [0.15, 0.2) is 97.3 Å². The number of esters is 1. The molecule has 1 aromatic heterocycles. The van der Waals surface area contributed by atoms with Crippen molar-refractivity contribution < 1.29 is 28.9 Å². The lowest BCUT2D eigenvalue weighted by molar-refractivity contribution is -0.276. The van der Waals surface area contributed by atoms with Crippen LogP contribution in [0.5, 0.6) is 0 Å². The molecule has 0 saturated carbocycles. The minimum absolute atomic E-state index is 0.0219. The summed E-state index contributed by atoms with van der Waals surface area (Å²) in [5, 5.41) is 15.2. The van der Waals surface area contributed by atoms with E-state index in [0.717, 1.165) is 54.4 Å². The highest BCUT2D eigenvalue weighted by Crippen LogP contribution is 2.42. The fraction of sp³-hybridized carbons (Fsp3) is 0.368. The number of anilines is 2. The first-order valence-electron chi connectivity index (χ1n) is 16.9. The number of aromatic nitrogens is 2. The van der Waals surface area contributed by atoms with Crippen molar-refractivity contribution in [3.8, 4) is 0 Å². The Morgan fingerprint density at radius 1 is 0.900 bits per heavy atom. The molecule has 12 heteroatoms. The van der Waals surface area contributed by atoms with Gasteiger partial charge in [-0.2, -0.15) is 0 Å². The number of benzene rings is 3. The van der Waals surface area contributed by atoms with Crippen molar-refractivity contribution in [2.75, 3.05) is 50.1 Å². The van der Waals surface area contributed by atoms with Crippen molar-refractivity contribution in [2.45, 2.75) is 44.5 Å². The summed E-state index contributed by atoms with van der Waals surface area (Å²) >= 11 is 0. The molecule has 0 spiro atoms. The second kappa shape index (κ2) is 16.7. The van der Waals surface area contributed by atoms with Crippen LogP contribution in [0.1, 0.15) is 41.6 Å². The number of nitrogens with one attached hydrogen (secondary N) is 2. The van der Waals surface area contributed by atoms with Gasteiger partial charge >= 0.3 is 12.0 Å². The van der Waals surface area contributed by atoms with Gasteiger partial charge in [0, 0.05) is 68.7 Å². The predicted octanol–water partition coefficient (Wildman–Crippen LogP) is 4.49. The average molecular weight is 681 g/mol. The molecule has 2 amide bonds. The highest BCUT2D eigenvalue weighted by atomic mass is 16.7. The third-order valence-electron chi connectivity index (χ3n) is 9.26. The Labute approximate surface area is 292 Å². The molecule has 4 aromatic rings. The van der Waals surface area contributed by atoms with Crippen LogP contribution in [0.4, 0.5) is 16.4 Å². The first-order chi connectivity index (χ1) is 24.4. The summed E-state index contributed by atoms with van der Waals surface area (Å²) in [6.07, 6.45) is 2.69. The summed E-state index contributed by atoms with van der Waals surface area (Å²) < 4.78 is 18.3. The normalized spacial score (nSPS) is 21.6. The number of piperazine rings is 1. The lowest BCUT2D eigenvalue weighted by atomic mass is 9.90. The quantitative estimate of drug-likeness (QED) is 0.194. The van der Waals surface area contributed by atoms with E-state index in [2.05, 4.69) is 37.3 Å². The average Bonchev–Trinajstić information content (AvgIpc) is 3.16. The van der Waals surface area contributed by atoms with Gasteiger partial charge in [0.2, 0.25) is 5.95 Å². The molecule has 5 atom stereocenters. The van der Waals surface area contributed by atoms with Gasteiger partial charge in [0.1, 0.15) is 6.04 Å². The van der Waals surface area contributed by atoms with E-state index in [4.69, 9.17) is 14.2 Å². The van der Waals surface area contributed by atoms with Crippen molar-refractivity contribution in [3.63, 3.8) is 0 Å². The molecule has 262 valence electrons. The van der Waals surface area contributed by atoms with Crippen molar-refractivity contribution in [3.05, 3.63) is 120 Å². The molecular formula is C38H44N6O6. The number of carbonyl (C=O) groups excluding carboxylic acids is 2. The lowest BCUT2D eigenvalue weighted by Gasteiger charge is -2.44. The van der Waals surface area contributed by atoms with E-state index < -0.39 is 24.3 Å². The van der Waals surface area contributed by atoms with E-state index in [9.17, 15) is 14.7 Å². The molecule has 3 aromatic carbocycles. The van der Waals surface area contributed by atoms with Crippen molar-refractivity contribution in [1.82, 2.24) is 20.2 Å². The fourth-order valence-corrected chi connectivity index (χ4v) is 6.44. The molecule has 50 heavy (non-hydrogen) atoms. The highest BCUT2D eigenvalue weighted by Gasteiger charge is 2.39. The fourth-order valence-electron chi connectivity index (χ4n) is 6.44. The van der Waals surface area contributed by atoms with E-state index in [1.165, 1.54) is 7.11 Å². The van der Waals surface area contributed by atoms with Crippen LogP contribution in [0.3, 0.4) is 0 Å². The summed E-state index contributed by atoms with van der Waals surface area (Å²) in [5.74, 6) is 0.233. The minimum atomic E-state index is -0.863. The van der Waals surface area contributed by atoms with Crippen LogP contribution in [-0.2, 0) is 32.0 Å². The molecule has 3 heterocycles. The molecule has 3 N–H and O–H groups in total. The lowest BCUT2D eigenvalue weighted by Crippen LogP contribution is -2.51. The molecule has 12 nitrogen and oxygen atoms in total. The first kappa shape index (κ1) is 35.0. The number of methoxy groups -OCH3 is 1.